The maximum atomic E-state index is 13.8. The highest BCUT2D eigenvalue weighted by Gasteiger charge is 2.44. The molecule has 3 N–H and O–H groups in total. The molecular weight excluding hydrogens is 486 g/mol. The molecule has 6 rings (SSSR count). The van der Waals surface area contributed by atoms with E-state index in [0.717, 1.165) is 54.5 Å². The zero-order valence-corrected chi connectivity index (χ0v) is 22.7. The van der Waals surface area contributed by atoms with Crippen LogP contribution in [-0.4, -0.2) is 62.1 Å². The number of thiazole rings is 1. The minimum absolute atomic E-state index is 0.0816. The van der Waals surface area contributed by atoms with Crippen molar-refractivity contribution < 1.29 is 14.7 Å². The van der Waals surface area contributed by atoms with Crippen molar-refractivity contribution in [3.8, 4) is 10.4 Å². The van der Waals surface area contributed by atoms with E-state index in [1.54, 1.807) is 13.8 Å². The second-order valence-corrected chi connectivity index (χ2v) is 13.1. The number of hydrogen-bond acceptors (Lipinski definition) is 7. The number of anilines is 1. The standard InChI is InChI=1S/C28H37N5O3S/c1-15-12-21(31-22(16-4-5-16)17-6-7-17)29-13-20(15)24-23(27(35)33-18-8-9-19(33)11-10-18)32-26(37-24)25(34)30-14-28(2,3)36/h12-13,16-19,22,36H,4-11,14H2,1-3H3,(H,29,31)(H,30,34). The van der Waals surface area contributed by atoms with E-state index in [9.17, 15) is 14.7 Å². The van der Waals surface area contributed by atoms with Crippen LogP contribution in [0, 0.1) is 18.8 Å². The van der Waals surface area contributed by atoms with E-state index in [4.69, 9.17) is 4.98 Å². The lowest BCUT2D eigenvalue weighted by Crippen LogP contribution is -2.38. The molecule has 2 aliphatic carbocycles. The van der Waals surface area contributed by atoms with Gasteiger partial charge in [0.05, 0.1) is 10.5 Å². The van der Waals surface area contributed by atoms with Gasteiger partial charge in [0.25, 0.3) is 11.8 Å². The van der Waals surface area contributed by atoms with Crippen molar-refractivity contribution >= 4 is 29.0 Å². The molecule has 0 spiro atoms. The number of fused-ring (bicyclic) bond motifs is 2. The highest BCUT2D eigenvalue weighted by Crippen LogP contribution is 2.46. The van der Waals surface area contributed by atoms with Gasteiger partial charge in [-0.1, -0.05) is 0 Å². The topological polar surface area (TPSA) is 107 Å². The molecule has 0 unspecified atom stereocenters. The molecule has 0 radical (unpaired) electrons. The highest BCUT2D eigenvalue weighted by molar-refractivity contribution is 7.17. The first-order valence-electron chi connectivity index (χ1n) is 13.8. The number of rotatable bonds is 9. The number of pyridine rings is 1. The van der Waals surface area contributed by atoms with E-state index in [2.05, 4.69) is 21.7 Å². The molecule has 37 heavy (non-hydrogen) atoms. The van der Waals surface area contributed by atoms with E-state index >= 15 is 0 Å². The summed E-state index contributed by atoms with van der Waals surface area (Å²) in [6.45, 7) is 5.41. The van der Waals surface area contributed by atoms with Crippen molar-refractivity contribution in [2.24, 2.45) is 11.8 Å². The third kappa shape index (κ3) is 5.12. The average molecular weight is 524 g/mol. The monoisotopic (exact) mass is 523 g/mol. The molecule has 198 valence electrons. The fourth-order valence-corrected chi connectivity index (χ4v) is 7.11. The molecule has 2 aliphatic heterocycles. The second kappa shape index (κ2) is 9.34. The van der Waals surface area contributed by atoms with Crippen LogP contribution >= 0.6 is 11.3 Å². The number of carbonyl (C=O) groups excluding carboxylic acids is 2. The molecule has 4 fully saturated rings. The van der Waals surface area contributed by atoms with Gasteiger partial charge in [-0.3, -0.25) is 9.59 Å². The van der Waals surface area contributed by atoms with Gasteiger partial charge < -0.3 is 20.6 Å². The lowest BCUT2D eigenvalue weighted by Gasteiger charge is -2.22. The van der Waals surface area contributed by atoms with Crippen molar-refractivity contribution in [3.05, 3.63) is 28.5 Å². The van der Waals surface area contributed by atoms with Crippen LogP contribution in [0.2, 0.25) is 0 Å². The average Bonchev–Trinajstić information content (AvgIpc) is 3.77. The Morgan fingerprint density at radius 3 is 2.27 bits per heavy atom. The fraction of sp³-hybridized carbons (Fsp3) is 0.643. The van der Waals surface area contributed by atoms with Gasteiger partial charge >= 0.3 is 0 Å². The Morgan fingerprint density at radius 1 is 1.11 bits per heavy atom. The zero-order valence-electron chi connectivity index (χ0n) is 21.9. The minimum atomic E-state index is -1.04. The zero-order chi connectivity index (χ0) is 25.9. The molecule has 4 aliphatic rings. The van der Waals surface area contributed by atoms with Crippen LogP contribution in [0.3, 0.4) is 0 Å². The first-order chi connectivity index (χ1) is 17.7. The molecule has 8 nitrogen and oxygen atoms in total. The smallest absolute Gasteiger partial charge is 0.280 e. The summed E-state index contributed by atoms with van der Waals surface area (Å²) in [6.07, 6.45) is 11.2. The summed E-state index contributed by atoms with van der Waals surface area (Å²) >= 11 is 1.23. The number of aromatic nitrogens is 2. The summed E-state index contributed by atoms with van der Waals surface area (Å²) in [6, 6.07) is 3.11. The van der Waals surface area contributed by atoms with Gasteiger partial charge in [0.1, 0.15) is 11.5 Å². The molecule has 2 aromatic heterocycles. The first kappa shape index (κ1) is 24.8. The van der Waals surface area contributed by atoms with Gasteiger partial charge in [-0.15, -0.1) is 11.3 Å². The summed E-state index contributed by atoms with van der Waals surface area (Å²) in [7, 11) is 0. The second-order valence-electron chi connectivity index (χ2n) is 12.1. The predicted molar refractivity (Wildman–Crippen MR) is 144 cm³/mol. The number of aliphatic hydroxyl groups is 1. The van der Waals surface area contributed by atoms with E-state index in [0.29, 0.717) is 16.6 Å². The minimum Gasteiger partial charge on any atom is -0.389 e. The maximum Gasteiger partial charge on any atom is 0.280 e. The van der Waals surface area contributed by atoms with Gasteiger partial charge in [0.2, 0.25) is 0 Å². The Morgan fingerprint density at radius 2 is 1.73 bits per heavy atom. The Bertz CT molecular complexity index is 1180. The summed E-state index contributed by atoms with van der Waals surface area (Å²) < 4.78 is 0. The largest absolute Gasteiger partial charge is 0.389 e. The van der Waals surface area contributed by atoms with Gasteiger partial charge in [-0.05, 0) is 95.6 Å². The number of aryl methyl sites for hydroxylation is 1. The van der Waals surface area contributed by atoms with Gasteiger partial charge in [-0.25, -0.2) is 9.97 Å². The predicted octanol–water partition coefficient (Wildman–Crippen LogP) is 4.38. The molecule has 0 atom stereocenters. The van der Waals surface area contributed by atoms with Crippen LogP contribution in [0.25, 0.3) is 10.4 Å². The number of hydrogen-bond donors (Lipinski definition) is 3. The van der Waals surface area contributed by atoms with Crippen molar-refractivity contribution in [3.63, 3.8) is 0 Å². The first-order valence-corrected chi connectivity index (χ1v) is 14.6. The Hall–Kier alpha value is -2.52. The van der Waals surface area contributed by atoms with Gasteiger partial charge in [0, 0.05) is 36.4 Å². The quantitative estimate of drug-likeness (QED) is 0.450. The molecule has 0 aromatic carbocycles. The van der Waals surface area contributed by atoms with Gasteiger partial charge in [-0.2, -0.15) is 0 Å². The van der Waals surface area contributed by atoms with Crippen LogP contribution in [0.4, 0.5) is 5.82 Å². The van der Waals surface area contributed by atoms with Crippen molar-refractivity contribution in [2.45, 2.75) is 95.9 Å². The summed E-state index contributed by atoms with van der Waals surface area (Å²) in [4.78, 5) is 38.8. The molecule has 2 aromatic rings. The maximum absolute atomic E-state index is 13.8. The van der Waals surface area contributed by atoms with Crippen LogP contribution in [0.5, 0.6) is 0 Å². The summed E-state index contributed by atoms with van der Waals surface area (Å²) in [5, 5.41) is 16.7. The number of carbonyl (C=O) groups is 2. The van der Waals surface area contributed by atoms with Crippen molar-refractivity contribution in [1.29, 1.82) is 0 Å². The van der Waals surface area contributed by atoms with Crippen LogP contribution in [-0.2, 0) is 0 Å². The van der Waals surface area contributed by atoms with Gasteiger partial charge in [0.15, 0.2) is 5.01 Å². The summed E-state index contributed by atoms with van der Waals surface area (Å²) in [5.41, 5.74) is 1.16. The number of nitrogens with zero attached hydrogens (tertiary/aromatic N) is 3. The normalized spacial score (nSPS) is 23.1. The number of amides is 2. The molecule has 2 saturated carbocycles. The lowest BCUT2D eigenvalue weighted by molar-refractivity contribution is 0.0692. The van der Waals surface area contributed by atoms with Crippen molar-refractivity contribution in [2.75, 3.05) is 11.9 Å². The Balaban J connectivity index is 1.31. The molecule has 2 amide bonds. The van der Waals surface area contributed by atoms with Crippen LogP contribution < -0.4 is 10.6 Å². The third-order valence-electron chi connectivity index (χ3n) is 8.32. The molecule has 9 heteroatoms. The Kier molecular flexibility index (Phi) is 6.26. The van der Waals surface area contributed by atoms with Crippen LogP contribution in [0.15, 0.2) is 12.3 Å². The molecular formula is C28H37N5O3S. The molecule has 4 heterocycles. The van der Waals surface area contributed by atoms with E-state index < -0.39 is 5.60 Å². The third-order valence-corrected chi connectivity index (χ3v) is 9.41. The SMILES string of the molecule is Cc1cc(NC(C2CC2)C2CC2)ncc1-c1sc(C(=O)NCC(C)(C)O)nc1C(=O)N1C2CCC1CC2. The fourth-order valence-electron chi connectivity index (χ4n) is 6.06. The van der Waals surface area contributed by atoms with E-state index in [1.165, 1.54) is 37.0 Å². The number of nitrogens with one attached hydrogen (secondary N) is 2. The lowest BCUT2D eigenvalue weighted by atomic mass is 10.0. The molecule has 2 bridgehead atoms. The van der Waals surface area contributed by atoms with Crippen LogP contribution in [0.1, 0.15) is 91.1 Å². The van der Waals surface area contributed by atoms with E-state index in [1.807, 2.05) is 18.0 Å². The van der Waals surface area contributed by atoms with Crippen molar-refractivity contribution in [1.82, 2.24) is 20.2 Å². The molecule has 2 saturated heterocycles. The Labute approximate surface area is 222 Å². The highest BCUT2D eigenvalue weighted by atomic mass is 32.1. The summed E-state index contributed by atoms with van der Waals surface area (Å²) in [5.74, 6) is 1.95. The van der Waals surface area contributed by atoms with E-state index in [-0.39, 0.29) is 35.5 Å².